The number of hydrogen-bond acceptors (Lipinski definition) is 4. The molecule has 0 bridgehead atoms. The van der Waals surface area contributed by atoms with Gasteiger partial charge in [0.2, 0.25) is 5.91 Å². The first-order chi connectivity index (χ1) is 9.02. The van der Waals surface area contributed by atoms with E-state index in [4.69, 9.17) is 5.11 Å². The molecule has 0 saturated carbocycles. The molecule has 1 aliphatic heterocycles. The number of carboxylic acids is 1. The van der Waals surface area contributed by atoms with Crippen molar-refractivity contribution < 1.29 is 19.8 Å². The van der Waals surface area contributed by atoms with Crippen molar-refractivity contribution in [2.24, 2.45) is 5.92 Å². The summed E-state index contributed by atoms with van der Waals surface area (Å²) in [5.74, 6) is -0.519. The van der Waals surface area contributed by atoms with Crippen LogP contribution < -0.4 is 10.6 Å². The summed E-state index contributed by atoms with van der Waals surface area (Å²) in [6.45, 7) is 3.06. The fourth-order valence-corrected chi connectivity index (χ4v) is 2.32. The van der Waals surface area contributed by atoms with Crippen molar-refractivity contribution in [1.82, 2.24) is 10.6 Å². The van der Waals surface area contributed by atoms with E-state index in [0.29, 0.717) is 31.8 Å². The van der Waals surface area contributed by atoms with Crippen molar-refractivity contribution in [2.45, 2.75) is 51.2 Å². The van der Waals surface area contributed by atoms with E-state index in [-0.39, 0.29) is 18.4 Å². The molecular weight excluding hydrogens is 248 g/mol. The zero-order valence-electron chi connectivity index (χ0n) is 11.4. The maximum Gasteiger partial charge on any atom is 0.303 e. The van der Waals surface area contributed by atoms with E-state index in [2.05, 4.69) is 10.6 Å². The van der Waals surface area contributed by atoms with Gasteiger partial charge >= 0.3 is 5.97 Å². The van der Waals surface area contributed by atoms with E-state index >= 15 is 0 Å². The third kappa shape index (κ3) is 6.02. The Hall–Kier alpha value is -1.14. The lowest BCUT2D eigenvalue weighted by Gasteiger charge is -2.15. The van der Waals surface area contributed by atoms with Crippen LogP contribution >= 0.6 is 0 Å². The van der Waals surface area contributed by atoms with E-state index < -0.39 is 12.1 Å². The predicted molar refractivity (Wildman–Crippen MR) is 70.7 cm³/mol. The molecule has 1 saturated heterocycles. The summed E-state index contributed by atoms with van der Waals surface area (Å²) in [4.78, 5) is 22.3. The Labute approximate surface area is 113 Å². The second-order valence-corrected chi connectivity index (χ2v) is 5.14. The minimum atomic E-state index is -0.772. The van der Waals surface area contributed by atoms with Gasteiger partial charge in [-0.1, -0.05) is 13.3 Å². The number of carboxylic acid groups (broad SMARTS) is 1. The van der Waals surface area contributed by atoms with Crippen LogP contribution in [0.15, 0.2) is 0 Å². The summed E-state index contributed by atoms with van der Waals surface area (Å²) in [7, 11) is 0. The molecule has 19 heavy (non-hydrogen) atoms. The second kappa shape index (κ2) is 8.12. The Morgan fingerprint density at radius 2 is 2.16 bits per heavy atom. The molecular formula is C13H24N2O4. The first-order valence-corrected chi connectivity index (χ1v) is 6.93. The van der Waals surface area contributed by atoms with Gasteiger partial charge in [-0.2, -0.15) is 0 Å². The van der Waals surface area contributed by atoms with Gasteiger partial charge in [-0.15, -0.1) is 0 Å². The van der Waals surface area contributed by atoms with Crippen molar-refractivity contribution in [1.29, 1.82) is 0 Å². The number of hydrogen-bond donors (Lipinski definition) is 4. The molecule has 6 nitrogen and oxygen atoms in total. The van der Waals surface area contributed by atoms with Crippen LogP contribution in [0.2, 0.25) is 0 Å². The summed E-state index contributed by atoms with van der Waals surface area (Å²) in [5, 5.41) is 23.8. The predicted octanol–water partition coefficient (Wildman–Crippen LogP) is 0.107. The molecule has 3 atom stereocenters. The summed E-state index contributed by atoms with van der Waals surface area (Å²) < 4.78 is 0. The molecule has 0 aromatic rings. The number of rotatable bonds is 8. The van der Waals surface area contributed by atoms with E-state index in [1.54, 1.807) is 0 Å². The van der Waals surface area contributed by atoms with Crippen molar-refractivity contribution in [3.05, 3.63) is 0 Å². The summed E-state index contributed by atoms with van der Waals surface area (Å²) >= 11 is 0. The molecule has 1 aliphatic rings. The third-order valence-electron chi connectivity index (χ3n) is 3.62. The van der Waals surface area contributed by atoms with E-state index in [0.717, 1.165) is 12.8 Å². The van der Waals surface area contributed by atoms with Crippen LogP contribution in [0, 0.1) is 5.92 Å². The molecule has 1 rings (SSSR count). The number of aliphatic hydroxyl groups is 1. The zero-order valence-corrected chi connectivity index (χ0v) is 11.4. The van der Waals surface area contributed by atoms with Gasteiger partial charge in [0, 0.05) is 19.5 Å². The molecule has 0 aliphatic carbocycles. The van der Waals surface area contributed by atoms with Gasteiger partial charge in [-0.05, 0) is 25.2 Å². The Morgan fingerprint density at radius 1 is 1.42 bits per heavy atom. The molecule has 0 aromatic carbocycles. The number of carbonyl (C=O) groups excluding carboxylic acids is 1. The number of nitrogens with one attached hydrogen (secondary N) is 2. The van der Waals surface area contributed by atoms with Crippen LogP contribution in [0.1, 0.15) is 39.0 Å². The summed E-state index contributed by atoms with van der Waals surface area (Å²) in [6, 6.07) is -0.297. The lowest BCUT2D eigenvalue weighted by molar-refractivity contribution is -0.137. The summed E-state index contributed by atoms with van der Waals surface area (Å²) in [6.07, 6.45) is 2.58. The highest BCUT2D eigenvalue weighted by molar-refractivity contribution is 5.82. The molecule has 1 amide bonds. The smallest absolute Gasteiger partial charge is 0.303 e. The van der Waals surface area contributed by atoms with Crippen LogP contribution in [-0.4, -0.2) is 47.3 Å². The highest BCUT2D eigenvalue weighted by Gasteiger charge is 2.27. The van der Waals surface area contributed by atoms with Crippen LogP contribution in [0.5, 0.6) is 0 Å². The van der Waals surface area contributed by atoms with Crippen molar-refractivity contribution >= 4 is 11.9 Å². The highest BCUT2D eigenvalue weighted by Crippen LogP contribution is 2.14. The topological polar surface area (TPSA) is 98.7 Å². The number of aliphatic carboxylic acids is 1. The quantitative estimate of drug-likeness (QED) is 0.502. The largest absolute Gasteiger partial charge is 0.481 e. The number of amides is 1. The molecule has 0 spiro atoms. The molecule has 0 radical (unpaired) electrons. The van der Waals surface area contributed by atoms with Gasteiger partial charge in [0.25, 0.3) is 0 Å². The number of aliphatic hydroxyl groups excluding tert-OH is 1. The SMILES string of the molecule is CCC(CCNC(=O)C1CC(O)CN1)CCC(=O)O. The average molecular weight is 272 g/mol. The Balaban J connectivity index is 2.17. The lowest BCUT2D eigenvalue weighted by atomic mass is 9.96. The number of β-amino-alcohol motifs (C(OH)–C–C–N with tert-alkyl or cyclic N) is 1. The standard InChI is InChI=1S/C13H24N2O4/c1-2-9(3-4-12(17)18)5-6-14-13(19)11-7-10(16)8-15-11/h9-11,15-16H,2-8H2,1H3,(H,14,19)(H,17,18). The van der Waals surface area contributed by atoms with Gasteiger partial charge in [0.15, 0.2) is 0 Å². The molecule has 1 fully saturated rings. The summed E-state index contributed by atoms with van der Waals surface area (Å²) in [5.41, 5.74) is 0. The van der Waals surface area contributed by atoms with E-state index in [1.165, 1.54) is 0 Å². The second-order valence-electron chi connectivity index (χ2n) is 5.14. The van der Waals surface area contributed by atoms with Crippen LogP contribution in [0.4, 0.5) is 0 Å². The molecule has 3 unspecified atom stereocenters. The van der Waals surface area contributed by atoms with Crippen molar-refractivity contribution in [3.8, 4) is 0 Å². The van der Waals surface area contributed by atoms with Gasteiger partial charge in [-0.25, -0.2) is 0 Å². The van der Waals surface area contributed by atoms with Crippen LogP contribution in [-0.2, 0) is 9.59 Å². The lowest BCUT2D eigenvalue weighted by Crippen LogP contribution is -2.41. The maximum atomic E-state index is 11.7. The zero-order chi connectivity index (χ0) is 14.3. The van der Waals surface area contributed by atoms with E-state index in [9.17, 15) is 14.7 Å². The molecule has 1 heterocycles. The third-order valence-corrected chi connectivity index (χ3v) is 3.62. The van der Waals surface area contributed by atoms with Gasteiger partial charge in [0.05, 0.1) is 12.1 Å². The first-order valence-electron chi connectivity index (χ1n) is 6.93. The minimum Gasteiger partial charge on any atom is -0.481 e. The minimum absolute atomic E-state index is 0.0790. The van der Waals surface area contributed by atoms with Crippen LogP contribution in [0.3, 0.4) is 0 Å². The van der Waals surface area contributed by atoms with Crippen molar-refractivity contribution in [3.63, 3.8) is 0 Å². The maximum absolute atomic E-state index is 11.7. The van der Waals surface area contributed by atoms with Gasteiger partial charge in [-0.3, -0.25) is 9.59 Å². The number of carbonyl (C=O) groups is 2. The molecule has 4 N–H and O–H groups in total. The monoisotopic (exact) mass is 272 g/mol. The normalized spacial score (nSPS) is 24.1. The van der Waals surface area contributed by atoms with Crippen molar-refractivity contribution in [2.75, 3.05) is 13.1 Å². The molecule has 110 valence electrons. The fraction of sp³-hybridized carbons (Fsp3) is 0.846. The first kappa shape index (κ1) is 15.9. The Bertz CT molecular complexity index is 309. The van der Waals surface area contributed by atoms with E-state index in [1.807, 2.05) is 6.92 Å². The van der Waals surface area contributed by atoms with Crippen LogP contribution in [0.25, 0.3) is 0 Å². The Morgan fingerprint density at radius 3 is 2.68 bits per heavy atom. The fourth-order valence-electron chi connectivity index (χ4n) is 2.32. The molecule has 0 aromatic heterocycles. The highest BCUT2D eigenvalue weighted by atomic mass is 16.4. The van der Waals surface area contributed by atoms with Gasteiger partial charge in [0.1, 0.15) is 0 Å². The molecule has 6 heteroatoms. The van der Waals surface area contributed by atoms with Gasteiger partial charge < -0.3 is 20.8 Å². The Kier molecular flexibility index (Phi) is 6.80. The average Bonchev–Trinajstić information content (AvgIpc) is 2.79.